The molecule has 1 heterocycles. The molecule has 0 saturated heterocycles. The lowest BCUT2D eigenvalue weighted by Crippen LogP contribution is -2.29. The van der Waals surface area contributed by atoms with E-state index in [0.717, 1.165) is 11.1 Å². The Balaban J connectivity index is 2.08. The van der Waals surface area contributed by atoms with E-state index >= 15 is 0 Å². The number of amides is 1. The van der Waals surface area contributed by atoms with Gasteiger partial charge in [0.25, 0.3) is 0 Å². The van der Waals surface area contributed by atoms with Gasteiger partial charge >= 0.3 is 11.9 Å². The van der Waals surface area contributed by atoms with E-state index in [2.05, 4.69) is 5.32 Å². The number of carbonyl (C=O) groups excluding carboxylic acids is 3. The van der Waals surface area contributed by atoms with Gasteiger partial charge in [-0.3, -0.25) is 4.79 Å². The summed E-state index contributed by atoms with van der Waals surface area (Å²) in [6.07, 6.45) is 0.104. The molecule has 0 bridgehead atoms. The first-order valence-corrected chi connectivity index (χ1v) is 6.94. The number of carbonyl (C=O) groups is 3. The van der Waals surface area contributed by atoms with Gasteiger partial charge in [0.1, 0.15) is 17.9 Å². The summed E-state index contributed by atoms with van der Waals surface area (Å²) in [4.78, 5) is 35.4. The van der Waals surface area contributed by atoms with Crippen LogP contribution in [0.5, 0.6) is 0 Å². The fraction of sp³-hybridized carbons (Fsp3) is 0.312. The van der Waals surface area contributed by atoms with Crippen molar-refractivity contribution in [2.45, 2.75) is 20.3 Å². The molecule has 116 valence electrons. The van der Waals surface area contributed by atoms with Gasteiger partial charge in [0, 0.05) is 0 Å². The molecule has 0 atom stereocenters. The van der Waals surface area contributed by atoms with Crippen molar-refractivity contribution in [1.29, 1.82) is 0 Å². The van der Waals surface area contributed by atoms with Crippen LogP contribution in [0.2, 0.25) is 0 Å². The van der Waals surface area contributed by atoms with Gasteiger partial charge in [-0.15, -0.1) is 0 Å². The minimum absolute atomic E-state index is 0.0455. The third kappa shape index (κ3) is 3.72. The topological polar surface area (TPSA) is 81.7 Å². The van der Waals surface area contributed by atoms with E-state index in [1.54, 1.807) is 6.92 Å². The molecule has 0 fully saturated rings. The Morgan fingerprint density at radius 1 is 1.27 bits per heavy atom. The number of rotatable bonds is 5. The molecule has 1 aromatic carbocycles. The fourth-order valence-electron chi connectivity index (χ4n) is 1.99. The zero-order chi connectivity index (χ0) is 16.1. The molecule has 1 aliphatic heterocycles. The molecule has 6 heteroatoms. The summed E-state index contributed by atoms with van der Waals surface area (Å²) in [6, 6.07) is 7.47. The maximum absolute atomic E-state index is 12.0. The van der Waals surface area contributed by atoms with Crippen molar-refractivity contribution in [3.05, 3.63) is 46.7 Å². The SMILES string of the molecule is CCOC(=O)C1=C(NC(=O)Cc2ccc(C)cc2)C(=O)OC1. The van der Waals surface area contributed by atoms with Crippen molar-refractivity contribution in [1.82, 2.24) is 5.32 Å². The Morgan fingerprint density at radius 2 is 1.95 bits per heavy atom. The van der Waals surface area contributed by atoms with Crippen molar-refractivity contribution in [2.24, 2.45) is 0 Å². The summed E-state index contributed by atoms with van der Waals surface area (Å²) < 4.78 is 9.62. The first-order chi connectivity index (χ1) is 10.5. The Morgan fingerprint density at radius 3 is 2.59 bits per heavy atom. The molecule has 0 radical (unpaired) electrons. The maximum Gasteiger partial charge on any atom is 0.355 e. The van der Waals surface area contributed by atoms with Crippen molar-refractivity contribution in [3.8, 4) is 0 Å². The van der Waals surface area contributed by atoms with Crippen LogP contribution < -0.4 is 5.32 Å². The zero-order valence-electron chi connectivity index (χ0n) is 12.5. The second kappa shape index (κ2) is 6.89. The van der Waals surface area contributed by atoms with Gasteiger partial charge < -0.3 is 14.8 Å². The van der Waals surface area contributed by atoms with E-state index < -0.39 is 11.9 Å². The van der Waals surface area contributed by atoms with E-state index in [9.17, 15) is 14.4 Å². The highest BCUT2D eigenvalue weighted by molar-refractivity contribution is 6.05. The predicted molar refractivity (Wildman–Crippen MR) is 77.6 cm³/mol. The molecule has 1 N–H and O–H groups in total. The van der Waals surface area contributed by atoms with Crippen molar-refractivity contribution in [3.63, 3.8) is 0 Å². The van der Waals surface area contributed by atoms with Gasteiger partial charge in [0.2, 0.25) is 5.91 Å². The Bertz CT molecular complexity index is 630. The van der Waals surface area contributed by atoms with Crippen LogP contribution in [0.3, 0.4) is 0 Å². The second-order valence-electron chi connectivity index (χ2n) is 4.86. The minimum Gasteiger partial charge on any atom is -0.462 e. The van der Waals surface area contributed by atoms with Crippen LogP contribution in [0, 0.1) is 6.92 Å². The quantitative estimate of drug-likeness (QED) is 0.822. The van der Waals surface area contributed by atoms with Crippen LogP contribution in [0.1, 0.15) is 18.1 Å². The summed E-state index contributed by atoms with van der Waals surface area (Å²) >= 11 is 0. The molecule has 2 rings (SSSR count). The highest BCUT2D eigenvalue weighted by atomic mass is 16.6. The maximum atomic E-state index is 12.0. The lowest BCUT2D eigenvalue weighted by molar-refractivity contribution is -0.139. The van der Waals surface area contributed by atoms with Crippen LogP contribution in [-0.2, 0) is 30.3 Å². The predicted octanol–water partition coefficient (Wildman–Crippen LogP) is 1.03. The van der Waals surface area contributed by atoms with Crippen molar-refractivity contribution >= 4 is 17.8 Å². The first-order valence-electron chi connectivity index (χ1n) is 6.94. The zero-order valence-corrected chi connectivity index (χ0v) is 12.5. The normalized spacial score (nSPS) is 13.8. The largest absolute Gasteiger partial charge is 0.462 e. The Labute approximate surface area is 128 Å². The number of cyclic esters (lactones) is 1. The number of ether oxygens (including phenoxy) is 2. The number of benzene rings is 1. The monoisotopic (exact) mass is 303 g/mol. The smallest absolute Gasteiger partial charge is 0.355 e. The molecular formula is C16H17NO5. The number of esters is 2. The van der Waals surface area contributed by atoms with Crippen molar-refractivity contribution < 1.29 is 23.9 Å². The summed E-state index contributed by atoms with van der Waals surface area (Å²) in [5.74, 6) is -1.77. The van der Waals surface area contributed by atoms with Gasteiger partial charge in [-0.25, -0.2) is 9.59 Å². The fourth-order valence-corrected chi connectivity index (χ4v) is 1.99. The van der Waals surface area contributed by atoms with E-state index in [4.69, 9.17) is 9.47 Å². The van der Waals surface area contributed by atoms with Gasteiger partial charge in [-0.1, -0.05) is 29.8 Å². The molecule has 1 amide bonds. The second-order valence-corrected chi connectivity index (χ2v) is 4.86. The van der Waals surface area contributed by atoms with Gasteiger partial charge in [-0.05, 0) is 19.4 Å². The van der Waals surface area contributed by atoms with Crippen LogP contribution in [0.4, 0.5) is 0 Å². The summed E-state index contributed by atoms with van der Waals surface area (Å²) in [6.45, 7) is 3.61. The lowest BCUT2D eigenvalue weighted by Gasteiger charge is -2.06. The van der Waals surface area contributed by atoms with Gasteiger partial charge in [0.05, 0.1) is 13.0 Å². The summed E-state index contributed by atoms with van der Waals surface area (Å²) in [5, 5.41) is 2.45. The number of hydrogen-bond acceptors (Lipinski definition) is 5. The van der Waals surface area contributed by atoms with Crippen LogP contribution in [-0.4, -0.2) is 31.1 Å². The molecule has 0 aromatic heterocycles. The molecular weight excluding hydrogens is 286 g/mol. The van der Waals surface area contributed by atoms with Gasteiger partial charge in [-0.2, -0.15) is 0 Å². The molecule has 0 saturated carbocycles. The molecule has 6 nitrogen and oxygen atoms in total. The van der Waals surface area contributed by atoms with Crippen LogP contribution >= 0.6 is 0 Å². The van der Waals surface area contributed by atoms with E-state index in [0.29, 0.717) is 0 Å². The molecule has 1 aliphatic rings. The lowest BCUT2D eigenvalue weighted by atomic mass is 10.1. The average molecular weight is 303 g/mol. The van der Waals surface area contributed by atoms with E-state index in [1.165, 1.54) is 0 Å². The first kappa shape index (κ1) is 15.8. The molecule has 0 aliphatic carbocycles. The number of hydrogen-bond donors (Lipinski definition) is 1. The van der Waals surface area contributed by atoms with Crippen molar-refractivity contribution in [2.75, 3.05) is 13.2 Å². The average Bonchev–Trinajstić information content (AvgIpc) is 2.83. The highest BCUT2D eigenvalue weighted by Gasteiger charge is 2.31. The van der Waals surface area contributed by atoms with E-state index in [1.807, 2.05) is 31.2 Å². The van der Waals surface area contributed by atoms with Crippen LogP contribution in [0.25, 0.3) is 0 Å². The highest BCUT2D eigenvalue weighted by Crippen LogP contribution is 2.15. The Hall–Kier alpha value is -2.63. The molecule has 0 unspecified atom stereocenters. The number of aryl methyl sites for hydroxylation is 1. The number of nitrogens with one attached hydrogen (secondary N) is 1. The van der Waals surface area contributed by atoms with Gasteiger partial charge in [0.15, 0.2) is 0 Å². The summed E-state index contributed by atoms with van der Waals surface area (Å²) in [7, 11) is 0. The third-order valence-electron chi connectivity index (χ3n) is 3.13. The van der Waals surface area contributed by atoms with E-state index in [-0.39, 0.29) is 36.8 Å². The van der Waals surface area contributed by atoms with Crippen LogP contribution in [0.15, 0.2) is 35.5 Å². The summed E-state index contributed by atoms with van der Waals surface area (Å²) in [5.41, 5.74) is 1.82. The minimum atomic E-state index is -0.722. The third-order valence-corrected chi connectivity index (χ3v) is 3.13. The standard InChI is InChI=1S/C16H17NO5/c1-3-21-15(19)12-9-22-16(20)14(12)17-13(18)8-11-6-4-10(2)5-7-11/h4-7H,3,8-9H2,1-2H3,(H,17,18). The molecule has 22 heavy (non-hydrogen) atoms. The Kier molecular flexibility index (Phi) is 4.93. The molecule has 1 aromatic rings. The molecule has 0 spiro atoms.